The second-order valence-corrected chi connectivity index (χ2v) is 5.96. The van der Waals surface area contributed by atoms with Crippen molar-refractivity contribution in [1.82, 2.24) is 4.90 Å². The number of phenols is 1. The van der Waals surface area contributed by atoms with Gasteiger partial charge in [0.15, 0.2) is 0 Å². The summed E-state index contributed by atoms with van der Waals surface area (Å²) in [7, 11) is 2.21. The first-order valence-electron chi connectivity index (χ1n) is 6.88. The highest BCUT2D eigenvalue weighted by Gasteiger charge is 2.45. The van der Waals surface area contributed by atoms with E-state index in [1.807, 2.05) is 6.07 Å². The summed E-state index contributed by atoms with van der Waals surface area (Å²) in [6.45, 7) is 3.35. The normalized spacial score (nSPS) is 31.1. The average molecular weight is 246 g/mol. The number of piperidine rings is 1. The van der Waals surface area contributed by atoms with Crippen LogP contribution in [0.1, 0.15) is 37.3 Å². The van der Waals surface area contributed by atoms with Gasteiger partial charge in [0.2, 0.25) is 0 Å². The zero-order chi connectivity index (χ0) is 12.9. The molecule has 0 amide bonds. The molecule has 1 aromatic carbocycles. The van der Waals surface area contributed by atoms with E-state index >= 15 is 0 Å². The maximum absolute atomic E-state index is 10.4. The Bertz CT molecular complexity index is 486. The van der Waals surface area contributed by atoms with E-state index in [-0.39, 0.29) is 5.41 Å². The Hall–Kier alpha value is -1.22. The molecule has 3 heteroatoms. The quantitative estimate of drug-likeness (QED) is 0.590. The first kappa shape index (κ1) is 11.8. The molecule has 2 unspecified atom stereocenters. The zero-order valence-electron chi connectivity index (χ0n) is 11.2. The minimum Gasteiger partial charge on any atom is -0.505 e. The summed E-state index contributed by atoms with van der Waals surface area (Å²) >= 11 is 0. The lowest BCUT2D eigenvalue weighted by Gasteiger charge is -2.50. The van der Waals surface area contributed by atoms with E-state index in [1.165, 1.54) is 5.56 Å². The maximum atomic E-state index is 10.4. The summed E-state index contributed by atoms with van der Waals surface area (Å²) in [5.74, 6) is 0.345. The number of benzene rings is 1. The van der Waals surface area contributed by atoms with Gasteiger partial charge in [0.25, 0.3) is 0 Å². The average Bonchev–Trinajstić information content (AvgIpc) is 2.38. The van der Waals surface area contributed by atoms with Crippen molar-refractivity contribution in [2.45, 2.75) is 44.1 Å². The van der Waals surface area contributed by atoms with Crippen molar-refractivity contribution in [1.29, 1.82) is 0 Å². The van der Waals surface area contributed by atoms with Crippen LogP contribution in [0.3, 0.4) is 0 Å². The molecular weight excluding hydrogens is 224 g/mol. The van der Waals surface area contributed by atoms with Gasteiger partial charge in [-0.1, -0.05) is 13.0 Å². The standard InChI is InChI=1S/C15H22N2O/c1-3-15-6-7-17(2)11(9-15)8-10-4-5-12(16)14(18)13(10)15/h4-5,11,18H,3,6-9,16H2,1-2H3. The Morgan fingerprint density at radius 1 is 1.50 bits per heavy atom. The molecule has 3 rings (SSSR count). The van der Waals surface area contributed by atoms with Crippen LogP contribution in [-0.4, -0.2) is 29.6 Å². The summed E-state index contributed by atoms with van der Waals surface area (Å²) < 4.78 is 0. The predicted octanol–water partition coefficient (Wildman–Crippen LogP) is 2.27. The number of fused-ring (bicyclic) bond motifs is 4. The molecule has 1 fully saturated rings. The molecule has 2 aliphatic rings. The third-order valence-electron chi connectivity index (χ3n) is 5.15. The molecule has 0 aromatic heterocycles. The number of nitrogens with zero attached hydrogens (tertiary/aromatic N) is 1. The Kier molecular flexibility index (Phi) is 2.56. The number of nitrogen functional groups attached to an aromatic ring is 1. The van der Waals surface area contributed by atoms with E-state index < -0.39 is 0 Å². The Morgan fingerprint density at radius 3 is 3.00 bits per heavy atom. The second kappa shape index (κ2) is 3.89. The first-order valence-corrected chi connectivity index (χ1v) is 6.88. The van der Waals surface area contributed by atoms with Crippen molar-refractivity contribution < 1.29 is 5.11 Å². The number of phenolic OH excluding ortho intramolecular Hbond substituents is 1. The van der Waals surface area contributed by atoms with Crippen LogP contribution in [0.5, 0.6) is 5.75 Å². The molecule has 3 N–H and O–H groups in total. The Labute approximate surface area is 109 Å². The van der Waals surface area contributed by atoms with Gasteiger partial charge in [-0.15, -0.1) is 0 Å². The summed E-state index contributed by atoms with van der Waals surface area (Å²) in [4.78, 5) is 2.46. The number of anilines is 1. The number of likely N-dealkylation sites (tertiary alicyclic amines) is 1. The zero-order valence-corrected chi connectivity index (χ0v) is 11.2. The topological polar surface area (TPSA) is 49.5 Å². The van der Waals surface area contributed by atoms with E-state index in [9.17, 15) is 5.11 Å². The van der Waals surface area contributed by atoms with E-state index in [2.05, 4.69) is 24.9 Å². The van der Waals surface area contributed by atoms with Gasteiger partial charge in [0.05, 0.1) is 5.69 Å². The number of likely N-dealkylation sites (N-methyl/N-ethyl adjacent to an activating group) is 1. The van der Waals surface area contributed by atoms with Crippen molar-refractivity contribution in [2.75, 3.05) is 19.3 Å². The van der Waals surface area contributed by atoms with Crippen molar-refractivity contribution in [3.8, 4) is 5.75 Å². The molecule has 0 spiro atoms. The van der Waals surface area contributed by atoms with Crippen molar-refractivity contribution in [3.05, 3.63) is 23.3 Å². The predicted molar refractivity (Wildman–Crippen MR) is 73.8 cm³/mol. The van der Waals surface area contributed by atoms with Crippen LogP contribution < -0.4 is 5.73 Å². The molecule has 98 valence electrons. The minimum absolute atomic E-state index is 0.143. The van der Waals surface area contributed by atoms with Crippen molar-refractivity contribution in [3.63, 3.8) is 0 Å². The molecule has 3 nitrogen and oxygen atoms in total. The fourth-order valence-corrected chi connectivity index (χ4v) is 3.90. The third-order valence-corrected chi connectivity index (χ3v) is 5.15. The van der Waals surface area contributed by atoms with Gasteiger partial charge in [-0.05, 0) is 50.9 Å². The van der Waals surface area contributed by atoms with Crippen molar-refractivity contribution >= 4 is 5.69 Å². The summed E-state index contributed by atoms with van der Waals surface area (Å²) in [6, 6.07) is 4.58. The monoisotopic (exact) mass is 246 g/mol. The van der Waals surface area contributed by atoms with Crippen LogP contribution in [-0.2, 0) is 11.8 Å². The second-order valence-electron chi connectivity index (χ2n) is 5.96. The molecule has 1 aliphatic heterocycles. The van der Waals surface area contributed by atoms with Crippen LogP contribution in [0.25, 0.3) is 0 Å². The van der Waals surface area contributed by atoms with Crippen molar-refractivity contribution in [2.24, 2.45) is 0 Å². The molecule has 1 aromatic rings. The van der Waals surface area contributed by atoms with Gasteiger partial charge in [0.1, 0.15) is 5.75 Å². The van der Waals surface area contributed by atoms with Gasteiger partial charge in [-0.25, -0.2) is 0 Å². The number of hydrogen-bond donors (Lipinski definition) is 2. The lowest BCUT2D eigenvalue weighted by atomic mass is 9.62. The van der Waals surface area contributed by atoms with E-state index in [0.29, 0.717) is 17.5 Å². The number of aromatic hydroxyl groups is 1. The van der Waals surface area contributed by atoms with E-state index in [0.717, 1.165) is 37.8 Å². The highest BCUT2D eigenvalue weighted by Crippen LogP contribution is 2.51. The summed E-state index contributed by atoms with van der Waals surface area (Å²) in [6.07, 6.45) is 4.41. The SMILES string of the molecule is CCC12CCN(C)C(Cc3ccc(N)c(O)c31)C2. The largest absolute Gasteiger partial charge is 0.505 e. The van der Waals surface area contributed by atoms with Gasteiger partial charge in [-0.2, -0.15) is 0 Å². The maximum Gasteiger partial charge on any atom is 0.142 e. The van der Waals surface area contributed by atoms with Gasteiger partial charge in [-0.3, -0.25) is 0 Å². The van der Waals surface area contributed by atoms with Crippen LogP contribution in [0.2, 0.25) is 0 Å². The fraction of sp³-hybridized carbons (Fsp3) is 0.600. The third kappa shape index (κ3) is 1.46. The Balaban J connectivity index is 2.19. The van der Waals surface area contributed by atoms with Gasteiger partial charge >= 0.3 is 0 Å². The summed E-state index contributed by atoms with van der Waals surface area (Å²) in [5, 5.41) is 10.4. The number of nitrogens with two attached hydrogens (primary N) is 1. The molecular formula is C15H22N2O. The number of hydrogen-bond acceptors (Lipinski definition) is 3. The van der Waals surface area contributed by atoms with E-state index in [4.69, 9.17) is 5.73 Å². The molecule has 18 heavy (non-hydrogen) atoms. The molecule has 0 saturated carbocycles. The molecule has 1 aliphatic carbocycles. The summed E-state index contributed by atoms with van der Waals surface area (Å²) in [5.41, 5.74) is 9.01. The van der Waals surface area contributed by atoms with Gasteiger partial charge in [0, 0.05) is 17.0 Å². The van der Waals surface area contributed by atoms with Crippen LogP contribution in [0.15, 0.2) is 12.1 Å². The molecule has 2 bridgehead atoms. The van der Waals surface area contributed by atoms with Crippen LogP contribution in [0.4, 0.5) is 5.69 Å². The Morgan fingerprint density at radius 2 is 2.28 bits per heavy atom. The fourth-order valence-electron chi connectivity index (χ4n) is 3.90. The number of rotatable bonds is 1. The van der Waals surface area contributed by atoms with Gasteiger partial charge < -0.3 is 15.7 Å². The highest BCUT2D eigenvalue weighted by molar-refractivity contribution is 5.62. The highest BCUT2D eigenvalue weighted by atomic mass is 16.3. The minimum atomic E-state index is 0.143. The van der Waals surface area contributed by atoms with Crippen LogP contribution in [0, 0.1) is 0 Å². The molecule has 2 atom stereocenters. The lowest BCUT2D eigenvalue weighted by molar-refractivity contribution is 0.0989. The molecule has 1 saturated heterocycles. The molecule has 0 radical (unpaired) electrons. The van der Waals surface area contributed by atoms with E-state index in [1.54, 1.807) is 0 Å². The lowest BCUT2D eigenvalue weighted by Crippen LogP contribution is -2.51. The van der Waals surface area contributed by atoms with Crippen LogP contribution >= 0.6 is 0 Å². The molecule has 1 heterocycles. The first-order chi connectivity index (χ1) is 8.57. The smallest absolute Gasteiger partial charge is 0.142 e.